The first-order valence-corrected chi connectivity index (χ1v) is 14.8. The average Bonchev–Trinajstić information content (AvgIpc) is 3.12. The van der Waals surface area contributed by atoms with Crippen LogP contribution in [0.15, 0.2) is 51.1 Å². The van der Waals surface area contributed by atoms with E-state index < -0.39 is 10.0 Å². The van der Waals surface area contributed by atoms with Gasteiger partial charge in [0.25, 0.3) is 5.56 Å². The molecule has 0 amide bonds. The number of halogens is 1. The maximum atomic E-state index is 13.3. The van der Waals surface area contributed by atoms with Crippen molar-refractivity contribution < 1.29 is 8.42 Å². The average molecular weight is 562 g/mol. The number of pyridine rings is 1. The molecule has 3 aromatic rings. The molecule has 196 valence electrons. The normalized spacial score (nSPS) is 18.7. The Kier molecular flexibility index (Phi) is 6.63. The van der Waals surface area contributed by atoms with Crippen LogP contribution in [0.2, 0.25) is 5.02 Å². The predicted octanol–water partition coefficient (Wildman–Crippen LogP) is 2.78. The lowest BCUT2D eigenvalue weighted by Gasteiger charge is -2.42. The van der Waals surface area contributed by atoms with Crippen LogP contribution in [0.25, 0.3) is 0 Å². The molecule has 37 heavy (non-hydrogen) atoms. The van der Waals surface area contributed by atoms with Crippen LogP contribution in [0, 0.1) is 5.41 Å². The summed E-state index contributed by atoms with van der Waals surface area (Å²) in [6.07, 6.45) is 5.14. The highest BCUT2D eigenvalue weighted by atomic mass is 35.5. The van der Waals surface area contributed by atoms with Crippen LogP contribution in [0.3, 0.4) is 0 Å². The molecule has 5 N–H and O–H groups in total. The fourth-order valence-electron chi connectivity index (χ4n) is 5.28. The van der Waals surface area contributed by atoms with Crippen LogP contribution >= 0.6 is 23.4 Å². The van der Waals surface area contributed by atoms with E-state index in [-0.39, 0.29) is 38.6 Å². The molecule has 1 atom stereocenters. The second-order valence-electron chi connectivity index (χ2n) is 9.64. The summed E-state index contributed by atoms with van der Waals surface area (Å²) in [5.41, 5.74) is 15.2. The van der Waals surface area contributed by atoms with Gasteiger partial charge >= 0.3 is 0 Å². The topological polar surface area (TPSA) is 149 Å². The Bertz CT molecular complexity index is 1540. The van der Waals surface area contributed by atoms with E-state index in [1.165, 1.54) is 21.9 Å². The third-order valence-corrected chi connectivity index (χ3v) is 9.44. The van der Waals surface area contributed by atoms with Crippen molar-refractivity contribution in [2.24, 2.45) is 18.2 Å². The molecule has 0 radical (unpaired) electrons. The van der Waals surface area contributed by atoms with Gasteiger partial charge in [-0.05, 0) is 41.9 Å². The summed E-state index contributed by atoms with van der Waals surface area (Å²) in [5, 5.41) is 0.0682. The second-order valence-corrected chi connectivity index (χ2v) is 12.8. The highest BCUT2D eigenvalue weighted by Gasteiger charge is 2.46. The van der Waals surface area contributed by atoms with E-state index >= 15 is 0 Å². The fourth-order valence-corrected chi connectivity index (χ4v) is 7.03. The van der Waals surface area contributed by atoms with Crippen molar-refractivity contribution in [1.29, 1.82) is 0 Å². The van der Waals surface area contributed by atoms with Crippen LogP contribution in [0.4, 0.5) is 17.6 Å². The zero-order valence-corrected chi connectivity index (χ0v) is 22.8. The number of nitrogens with two attached hydrogens (primary N) is 2. The largest absolute Gasteiger partial charge is 0.382 e. The Hall–Kier alpha value is -2.80. The number of nitrogens with zero attached hydrogens (tertiary/aromatic N) is 4. The van der Waals surface area contributed by atoms with Gasteiger partial charge in [-0.3, -0.25) is 14.1 Å². The first-order valence-electron chi connectivity index (χ1n) is 11.7. The van der Waals surface area contributed by atoms with E-state index in [1.54, 1.807) is 13.1 Å². The quantitative estimate of drug-likeness (QED) is 0.427. The third kappa shape index (κ3) is 4.78. The van der Waals surface area contributed by atoms with E-state index in [4.69, 9.17) is 23.1 Å². The zero-order chi connectivity index (χ0) is 26.5. The van der Waals surface area contributed by atoms with Crippen LogP contribution in [0.1, 0.15) is 30.0 Å². The molecule has 5 rings (SSSR count). The van der Waals surface area contributed by atoms with Gasteiger partial charge in [0.1, 0.15) is 10.7 Å². The summed E-state index contributed by atoms with van der Waals surface area (Å²) in [5.74, 6) is 0.563. The molecule has 0 bridgehead atoms. The molecule has 0 saturated carbocycles. The van der Waals surface area contributed by atoms with Crippen LogP contribution < -0.4 is 26.6 Å². The van der Waals surface area contributed by atoms with Gasteiger partial charge in [-0.2, -0.15) is 4.98 Å². The number of rotatable bonds is 5. The molecule has 1 saturated heterocycles. The van der Waals surface area contributed by atoms with Gasteiger partial charge in [0.2, 0.25) is 16.0 Å². The molecule has 1 aromatic carbocycles. The standard InChI is InChI=1S/C24H28ClN7O3S2/c1-31-22(33)18(36-16-7-10-28-21(17(16)25)30-37(2,34)35)20(27)29-23(31)32-11-8-24(9-12-32)13-14-5-3-4-6-15(14)19(24)26/h3-7,10,19H,8-9,11-13,26-27H2,1-2H3,(H,28,30)/t19-/m1/s1. The van der Waals surface area contributed by atoms with Gasteiger partial charge in [-0.1, -0.05) is 47.6 Å². The zero-order valence-electron chi connectivity index (χ0n) is 20.4. The molecule has 1 aliphatic carbocycles. The molecule has 1 fully saturated rings. The maximum Gasteiger partial charge on any atom is 0.270 e. The van der Waals surface area contributed by atoms with Gasteiger partial charge in [0.15, 0.2) is 5.82 Å². The van der Waals surface area contributed by atoms with Crippen molar-refractivity contribution in [1.82, 2.24) is 14.5 Å². The van der Waals surface area contributed by atoms with E-state index in [2.05, 4.69) is 37.8 Å². The van der Waals surface area contributed by atoms with Crippen LogP contribution in [0.5, 0.6) is 0 Å². The number of anilines is 3. The van der Waals surface area contributed by atoms with Crippen molar-refractivity contribution >= 4 is 51.0 Å². The highest BCUT2D eigenvalue weighted by Crippen LogP contribution is 2.51. The minimum atomic E-state index is -3.58. The van der Waals surface area contributed by atoms with Crippen molar-refractivity contribution in [2.75, 3.05) is 34.7 Å². The summed E-state index contributed by atoms with van der Waals surface area (Å²) in [6, 6.07) is 9.96. The number of sulfonamides is 1. The van der Waals surface area contributed by atoms with E-state index in [0.29, 0.717) is 23.9 Å². The molecule has 10 nitrogen and oxygen atoms in total. The molecule has 2 aliphatic rings. The molecule has 1 aliphatic heterocycles. The van der Waals surface area contributed by atoms with Crippen molar-refractivity contribution in [3.63, 3.8) is 0 Å². The molecule has 13 heteroatoms. The van der Waals surface area contributed by atoms with Crippen molar-refractivity contribution in [3.05, 3.63) is 63.0 Å². The van der Waals surface area contributed by atoms with E-state index in [1.807, 2.05) is 6.07 Å². The Balaban J connectivity index is 1.37. The van der Waals surface area contributed by atoms with Gasteiger partial charge in [0.05, 0.1) is 11.3 Å². The number of hydrogen-bond acceptors (Lipinski definition) is 9. The van der Waals surface area contributed by atoms with E-state index in [9.17, 15) is 13.2 Å². The lowest BCUT2D eigenvalue weighted by atomic mass is 9.73. The molecular formula is C24H28ClN7O3S2. The van der Waals surface area contributed by atoms with Crippen LogP contribution in [-0.2, 0) is 23.5 Å². The molecular weight excluding hydrogens is 534 g/mol. The molecule has 3 heterocycles. The number of hydrogen-bond donors (Lipinski definition) is 3. The number of fused-ring (bicyclic) bond motifs is 1. The Morgan fingerprint density at radius 3 is 2.59 bits per heavy atom. The van der Waals surface area contributed by atoms with Gasteiger partial charge in [-0.25, -0.2) is 13.4 Å². The summed E-state index contributed by atoms with van der Waals surface area (Å²) in [6.45, 7) is 1.43. The predicted molar refractivity (Wildman–Crippen MR) is 147 cm³/mol. The Morgan fingerprint density at radius 1 is 1.22 bits per heavy atom. The smallest absolute Gasteiger partial charge is 0.270 e. The number of benzene rings is 1. The Labute approximate surface area is 224 Å². The molecule has 1 spiro atoms. The van der Waals surface area contributed by atoms with Crippen LogP contribution in [-0.4, -0.2) is 42.3 Å². The minimum absolute atomic E-state index is 0.00124. The highest BCUT2D eigenvalue weighted by molar-refractivity contribution is 7.99. The van der Waals surface area contributed by atoms with E-state index in [0.717, 1.165) is 37.3 Å². The maximum absolute atomic E-state index is 13.3. The number of piperidine rings is 1. The molecule has 0 unspecified atom stereocenters. The monoisotopic (exact) mass is 561 g/mol. The minimum Gasteiger partial charge on any atom is -0.382 e. The lowest BCUT2D eigenvalue weighted by Crippen LogP contribution is -2.46. The molecule has 2 aromatic heterocycles. The number of nitrogen functional groups attached to an aromatic ring is 1. The third-order valence-electron chi connectivity index (χ3n) is 7.23. The second kappa shape index (κ2) is 9.50. The lowest BCUT2D eigenvalue weighted by molar-refractivity contribution is 0.186. The Morgan fingerprint density at radius 2 is 1.92 bits per heavy atom. The summed E-state index contributed by atoms with van der Waals surface area (Å²) in [4.78, 5) is 24.6. The first kappa shape index (κ1) is 25.8. The van der Waals surface area contributed by atoms with Crippen molar-refractivity contribution in [3.8, 4) is 0 Å². The SMILES string of the molecule is Cn1c(N2CCC3(CC2)Cc2ccccc2[C@H]3N)nc(N)c(Sc2ccnc(NS(C)(=O)=O)c2Cl)c1=O. The van der Waals surface area contributed by atoms with Crippen molar-refractivity contribution in [2.45, 2.75) is 35.1 Å². The fraction of sp³-hybridized carbons (Fsp3) is 0.375. The van der Waals surface area contributed by atoms with Gasteiger partial charge in [0, 0.05) is 37.3 Å². The summed E-state index contributed by atoms with van der Waals surface area (Å²) < 4.78 is 27.0. The number of nitrogens with one attached hydrogen (secondary N) is 1. The van der Waals surface area contributed by atoms with Gasteiger partial charge < -0.3 is 16.4 Å². The number of aromatic nitrogens is 3. The summed E-state index contributed by atoms with van der Waals surface area (Å²) >= 11 is 7.39. The first-order chi connectivity index (χ1) is 17.5. The van der Waals surface area contributed by atoms with Gasteiger partial charge in [-0.15, -0.1) is 0 Å². The summed E-state index contributed by atoms with van der Waals surface area (Å²) in [7, 11) is -1.91.